The van der Waals surface area contributed by atoms with Crippen LogP contribution in [0.3, 0.4) is 0 Å². The summed E-state index contributed by atoms with van der Waals surface area (Å²) in [6.07, 6.45) is -0.219. The Bertz CT molecular complexity index is 1200. The molecule has 0 spiro atoms. The minimum absolute atomic E-state index is 0.219. The van der Waals surface area contributed by atoms with Gasteiger partial charge in [0.15, 0.2) is 0 Å². The molecule has 0 fully saturated rings. The Balaban J connectivity index is 1.64. The number of carbonyl (C=O) groups excluding carboxylic acids is 3. The Morgan fingerprint density at radius 1 is 1.03 bits per heavy atom. The Morgan fingerprint density at radius 2 is 1.73 bits per heavy atom. The summed E-state index contributed by atoms with van der Waals surface area (Å²) < 4.78 is 6.39. The van der Waals surface area contributed by atoms with Crippen molar-refractivity contribution in [3.05, 3.63) is 82.8 Å². The number of halogens is 1. The van der Waals surface area contributed by atoms with Gasteiger partial charge in [0.25, 0.3) is 5.91 Å². The number of nitrogens with one attached hydrogen (secondary N) is 2. The van der Waals surface area contributed by atoms with E-state index in [1.807, 2.05) is 13.0 Å². The molecule has 0 saturated heterocycles. The number of para-hydroxylation sites is 4. The van der Waals surface area contributed by atoms with E-state index < -0.39 is 17.9 Å². The van der Waals surface area contributed by atoms with Crippen LogP contribution in [0.4, 0.5) is 17.1 Å². The molecule has 1 heterocycles. The number of carbonyl (C=O) groups is 3. The van der Waals surface area contributed by atoms with Crippen molar-refractivity contribution in [3.8, 4) is 5.75 Å². The predicted octanol–water partition coefficient (Wildman–Crippen LogP) is 4.84. The van der Waals surface area contributed by atoms with Gasteiger partial charge in [-0.1, -0.05) is 40.2 Å². The van der Waals surface area contributed by atoms with Gasteiger partial charge in [-0.15, -0.1) is 0 Å². The molecule has 3 aromatic rings. The van der Waals surface area contributed by atoms with E-state index in [-0.39, 0.29) is 12.3 Å². The van der Waals surface area contributed by atoms with Gasteiger partial charge in [-0.3, -0.25) is 19.3 Å². The zero-order valence-corrected chi connectivity index (χ0v) is 19.5. The molecule has 0 aliphatic carbocycles. The lowest BCUT2D eigenvalue weighted by molar-refractivity contribution is -0.122. The fourth-order valence-electron chi connectivity index (χ4n) is 3.69. The van der Waals surface area contributed by atoms with E-state index in [1.165, 1.54) is 4.90 Å². The number of benzene rings is 3. The van der Waals surface area contributed by atoms with Crippen LogP contribution in [-0.2, 0) is 9.59 Å². The van der Waals surface area contributed by atoms with Gasteiger partial charge in [-0.2, -0.15) is 0 Å². The first-order valence-corrected chi connectivity index (χ1v) is 11.3. The van der Waals surface area contributed by atoms with E-state index in [4.69, 9.17) is 4.74 Å². The topological polar surface area (TPSA) is 87.7 Å². The third-order valence-corrected chi connectivity index (χ3v) is 5.71. The summed E-state index contributed by atoms with van der Waals surface area (Å²) in [5, 5.41) is 5.62. The molecule has 0 radical (unpaired) electrons. The number of rotatable bonds is 6. The van der Waals surface area contributed by atoms with Crippen LogP contribution in [0, 0.1) is 0 Å². The first-order chi connectivity index (χ1) is 16.0. The van der Waals surface area contributed by atoms with Crippen LogP contribution >= 0.6 is 15.9 Å². The first kappa shape index (κ1) is 22.5. The third kappa shape index (κ3) is 4.90. The highest BCUT2D eigenvalue weighted by Gasteiger charge is 2.38. The summed E-state index contributed by atoms with van der Waals surface area (Å²) in [5.74, 6) is -0.658. The summed E-state index contributed by atoms with van der Waals surface area (Å²) in [7, 11) is 0. The van der Waals surface area contributed by atoms with Crippen molar-refractivity contribution in [2.75, 3.05) is 22.1 Å². The lowest BCUT2D eigenvalue weighted by atomic mass is 10.0. The lowest BCUT2D eigenvalue weighted by Crippen LogP contribution is -2.52. The number of anilines is 3. The van der Waals surface area contributed by atoms with Crippen molar-refractivity contribution < 1.29 is 19.1 Å². The van der Waals surface area contributed by atoms with Gasteiger partial charge in [-0.05, 0) is 55.5 Å². The van der Waals surface area contributed by atoms with Crippen molar-refractivity contribution in [1.29, 1.82) is 0 Å². The van der Waals surface area contributed by atoms with E-state index in [0.717, 1.165) is 4.47 Å². The molecule has 3 amide bonds. The van der Waals surface area contributed by atoms with Gasteiger partial charge in [0.1, 0.15) is 11.8 Å². The largest absolute Gasteiger partial charge is 0.492 e. The Kier molecular flexibility index (Phi) is 6.74. The fourth-order valence-corrected chi connectivity index (χ4v) is 3.95. The van der Waals surface area contributed by atoms with Crippen molar-refractivity contribution in [3.63, 3.8) is 0 Å². The molecule has 1 aliphatic heterocycles. The molecular weight excluding hydrogens is 486 g/mol. The van der Waals surface area contributed by atoms with E-state index in [1.54, 1.807) is 66.7 Å². The molecule has 3 aromatic carbocycles. The smallest absolute Gasteiger partial charge is 0.259 e. The predicted molar refractivity (Wildman–Crippen MR) is 131 cm³/mol. The second kappa shape index (κ2) is 9.87. The quantitative estimate of drug-likeness (QED) is 0.499. The van der Waals surface area contributed by atoms with Crippen molar-refractivity contribution in [1.82, 2.24) is 0 Å². The van der Waals surface area contributed by atoms with Crippen molar-refractivity contribution in [2.45, 2.75) is 19.4 Å². The maximum absolute atomic E-state index is 13.5. The molecule has 0 aromatic heterocycles. The number of amides is 3. The number of fused-ring (bicyclic) bond motifs is 1. The maximum atomic E-state index is 13.5. The summed E-state index contributed by atoms with van der Waals surface area (Å²) in [4.78, 5) is 40.8. The molecule has 0 bridgehead atoms. The Labute approximate surface area is 199 Å². The molecule has 4 rings (SSSR count). The average molecular weight is 508 g/mol. The molecule has 0 saturated carbocycles. The van der Waals surface area contributed by atoms with Gasteiger partial charge >= 0.3 is 0 Å². The summed E-state index contributed by atoms with van der Waals surface area (Å²) >= 11 is 3.37. The van der Waals surface area contributed by atoms with Crippen LogP contribution in [0.1, 0.15) is 23.7 Å². The Hall–Kier alpha value is -3.65. The van der Waals surface area contributed by atoms with Crippen LogP contribution in [0.2, 0.25) is 0 Å². The minimum atomic E-state index is -1.02. The zero-order valence-electron chi connectivity index (χ0n) is 17.9. The normalized spacial score (nSPS) is 14.8. The molecule has 168 valence electrons. The van der Waals surface area contributed by atoms with E-state index in [0.29, 0.717) is 35.0 Å². The monoisotopic (exact) mass is 507 g/mol. The molecule has 2 N–H and O–H groups in total. The molecule has 1 unspecified atom stereocenters. The van der Waals surface area contributed by atoms with Gasteiger partial charge in [0, 0.05) is 10.0 Å². The summed E-state index contributed by atoms with van der Waals surface area (Å²) in [6.45, 7) is 2.30. The standard InChI is InChI=1S/C25H22BrN3O4/c1-2-33-22-10-6-4-8-19(22)27-23(30)15-21-24(31)28-18-7-3-5-9-20(18)29(21)25(32)16-11-13-17(26)14-12-16/h3-14,21H,2,15H2,1H3,(H,27,30)(H,28,31). The number of hydrogen-bond acceptors (Lipinski definition) is 4. The van der Waals surface area contributed by atoms with Crippen molar-refractivity contribution in [2.24, 2.45) is 0 Å². The minimum Gasteiger partial charge on any atom is -0.492 e. The second-order valence-electron chi connectivity index (χ2n) is 7.39. The Morgan fingerprint density at radius 3 is 2.48 bits per heavy atom. The number of ether oxygens (including phenoxy) is 1. The summed E-state index contributed by atoms with van der Waals surface area (Å²) in [6, 6.07) is 20.0. The average Bonchev–Trinajstić information content (AvgIpc) is 2.81. The van der Waals surface area contributed by atoms with Gasteiger partial charge in [-0.25, -0.2) is 0 Å². The summed E-state index contributed by atoms with van der Waals surface area (Å²) in [5.41, 5.74) is 1.98. The molecular formula is C25H22BrN3O4. The third-order valence-electron chi connectivity index (χ3n) is 5.19. The molecule has 7 nitrogen and oxygen atoms in total. The number of hydrogen-bond donors (Lipinski definition) is 2. The van der Waals surface area contributed by atoms with Gasteiger partial charge in [0.2, 0.25) is 11.8 Å². The highest BCUT2D eigenvalue weighted by atomic mass is 79.9. The SMILES string of the molecule is CCOc1ccccc1NC(=O)CC1C(=O)Nc2ccccc2N1C(=O)c1ccc(Br)cc1. The molecule has 8 heteroatoms. The zero-order chi connectivity index (χ0) is 23.4. The van der Waals surface area contributed by atoms with E-state index in [2.05, 4.69) is 26.6 Å². The number of nitrogens with zero attached hydrogens (tertiary/aromatic N) is 1. The van der Waals surface area contributed by atoms with Crippen LogP contribution in [0.5, 0.6) is 5.75 Å². The van der Waals surface area contributed by atoms with Crippen LogP contribution in [-0.4, -0.2) is 30.4 Å². The molecule has 33 heavy (non-hydrogen) atoms. The first-order valence-electron chi connectivity index (χ1n) is 10.5. The van der Waals surface area contributed by atoms with Gasteiger partial charge in [0.05, 0.1) is 30.1 Å². The maximum Gasteiger partial charge on any atom is 0.259 e. The fraction of sp³-hybridized carbons (Fsp3) is 0.160. The highest BCUT2D eigenvalue weighted by Crippen LogP contribution is 2.34. The second-order valence-corrected chi connectivity index (χ2v) is 8.30. The molecule has 1 aliphatic rings. The van der Waals surface area contributed by atoms with E-state index >= 15 is 0 Å². The van der Waals surface area contributed by atoms with E-state index in [9.17, 15) is 14.4 Å². The van der Waals surface area contributed by atoms with Crippen LogP contribution in [0.15, 0.2) is 77.3 Å². The lowest BCUT2D eigenvalue weighted by Gasteiger charge is -2.36. The van der Waals surface area contributed by atoms with Crippen molar-refractivity contribution >= 4 is 50.7 Å². The highest BCUT2D eigenvalue weighted by molar-refractivity contribution is 9.10. The van der Waals surface area contributed by atoms with Crippen LogP contribution < -0.4 is 20.3 Å². The van der Waals surface area contributed by atoms with Gasteiger partial charge < -0.3 is 15.4 Å². The van der Waals surface area contributed by atoms with Crippen LogP contribution in [0.25, 0.3) is 0 Å². The molecule has 1 atom stereocenters.